The molecule has 1 atom stereocenters. The number of tetrazole rings is 1. The summed E-state index contributed by atoms with van der Waals surface area (Å²) in [6.07, 6.45) is 0. The molecule has 96 valence electrons. The quantitative estimate of drug-likeness (QED) is 0.842. The topological polar surface area (TPSA) is 101 Å². The molecule has 2 N–H and O–H groups in total. The van der Waals surface area contributed by atoms with Gasteiger partial charge in [-0.05, 0) is 31.5 Å². The highest BCUT2D eigenvalue weighted by Crippen LogP contribution is 2.14. The van der Waals surface area contributed by atoms with Gasteiger partial charge in [-0.3, -0.25) is 0 Å². The van der Waals surface area contributed by atoms with Gasteiger partial charge in [-0.25, -0.2) is 13.1 Å². The van der Waals surface area contributed by atoms with E-state index in [4.69, 9.17) is 0 Å². The minimum absolute atomic E-state index is 0.220. The van der Waals surface area contributed by atoms with Crippen LogP contribution in [0.25, 0.3) is 0 Å². The lowest BCUT2D eigenvalue weighted by atomic mass is 10.2. The molecule has 0 saturated carbocycles. The number of benzene rings is 1. The molecule has 0 radical (unpaired) electrons. The van der Waals surface area contributed by atoms with Gasteiger partial charge < -0.3 is 0 Å². The lowest BCUT2D eigenvalue weighted by Gasteiger charge is -2.11. The Balaban J connectivity index is 2.22. The third kappa shape index (κ3) is 2.71. The molecule has 0 saturated heterocycles. The first kappa shape index (κ1) is 12.7. The van der Waals surface area contributed by atoms with Crippen molar-refractivity contribution in [3.8, 4) is 0 Å². The molecule has 18 heavy (non-hydrogen) atoms. The van der Waals surface area contributed by atoms with E-state index in [1.807, 2.05) is 13.0 Å². The number of aryl methyl sites for hydroxylation is 1. The summed E-state index contributed by atoms with van der Waals surface area (Å²) in [5, 5.41) is 13.1. The Morgan fingerprint density at radius 1 is 1.39 bits per heavy atom. The first-order valence-electron chi connectivity index (χ1n) is 5.31. The summed E-state index contributed by atoms with van der Waals surface area (Å²) >= 11 is 0. The first-order valence-corrected chi connectivity index (χ1v) is 6.80. The first-order chi connectivity index (χ1) is 8.49. The highest BCUT2D eigenvalue weighted by Gasteiger charge is 2.20. The Morgan fingerprint density at radius 2 is 2.17 bits per heavy atom. The van der Waals surface area contributed by atoms with Crippen molar-refractivity contribution in [3.63, 3.8) is 0 Å². The molecule has 7 nitrogen and oxygen atoms in total. The van der Waals surface area contributed by atoms with Gasteiger partial charge in [-0.1, -0.05) is 17.3 Å². The number of hydrogen-bond donors (Lipinski definition) is 2. The van der Waals surface area contributed by atoms with E-state index in [-0.39, 0.29) is 4.90 Å². The number of hydrogen-bond acceptors (Lipinski definition) is 5. The zero-order chi connectivity index (χ0) is 13.2. The average molecular weight is 267 g/mol. The largest absolute Gasteiger partial charge is 0.241 e. The molecule has 0 spiro atoms. The average Bonchev–Trinajstić information content (AvgIpc) is 2.82. The Bertz CT molecular complexity index is 623. The van der Waals surface area contributed by atoms with Crippen LogP contribution in [-0.2, 0) is 10.0 Å². The molecule has 2 rings (SSSR count). The van der Waals surface area contributed by atoms with Crippen molar-refractivity contribution in [2.75, 3.05) is 0 Å². The Labute approximate surface area is 105 Å². The van der Waals surface area contributed by atoms with E-state index in [0.29, 0.717) is 5.82 Å². The SMILES string of the molecule is Cc1cccc(S(=O)(=O)NC(C)c2nn[nH]n2)c1. The molecule has 1 heterocycles. The number of rotatable bonds is 4. The second-order valence-electron chi connectivity index (χ2n) is 3.93. The molecule has 1 aromatic heterocycles. The number of nitrogens with one attached hydrogen (secondary N) is 2. The Kier molecular flexibility index (Phi) is 3.39. The van der Waals surface area contributed by atoms with Gasteiger partial charge in [0.2, 0.25) is 10.0 Å². The van der Waals surface area contributed by atoms with Crippen LogP contribution in [0.3, 0.4) is 0 Å². The maximum absolute atomic E-state index is 12.1. The van der Waals surface area contributed by atoms with E-state index in [1.54, 1.807) is 19.1 Å². The molecule has 1 unspecified atom stereocenters. The third-order valence-corrected chi connectivity index (χ3v) is 3.92. The molecule has 0 amide bonds. The molecular formula is C10H13N5O2S. The van der Waals surface area contributed by atoms with Crippen molar-refractivity contribution >= 4 is 10.0 Å². The van der Waals surface area contributed by atoms with Crippen LogP contribution in [0.2, 0.25) is 0 Å². The molecule has 8 heteroatoms. The number of aromatic nitrogens is 4. The second-order valence-corrected chi connectivity index (χ2v) is 5.64. The maximum Gasteiger partial charge on any atom is 0.241 e. The minimum atomic E-state index is -3.58. The van der Waals surface area contributed by atoms with Crippen LogP contribution < -0.4 is 4.72 Å². The summed E-state index contributed by atoms with van der Waals surface area (Å²) in [4.78, 5) is 0.220. The highest BCUT2D eigenvalue weighted by molar-refractivity contribution is 7.89. The molecule has 0 bridgehead atoms. The maximum atomic E-state index is 12.1. The molecule has 2 aromatic rings. The van der Waals surface area contributed by atoms with Crippen LogP contribution in [0.5, 0.6) is 0 Å². The molecule has 0 aliphatic carbocycles. The highest BCUT2D eigenvalue weighted by atomic mass is 32.2. The van der Waals surface area contributed by atoms with E-state index in [1.165, 1.54) is 6.07 Å². The third-order valence-electron chi connectivity index (χ3n) is 2.38. The summed E-state index contributed by atoms with van der Waals surface area (Å²) in [5.74, 6) is 0.297. The summed E-state index contributed by atoms with van der Waals surface area (Å²) in [6, 6.07) is 6.13. The van der Waals surface area contributed by atoms with Gasteiger partial charge in [-0.2, -0.15) is 5.21 Å². The molecule has 0 fully saturated rings. The van der Waals surface area contributed by atoms with E-state index >= 15 is 0 Å². The van der Waals surface area contributed by atoms with Crippen LogP contribution in [-0.4, -0.2) is 29.0 Å². The van der Waals surface area contributed by atoms with Crippen molar-refractivity contribution in [2.24, 2.45) is 0 Å². The van der Waals surface area contributed by atoms with E-state index in [2.05, 4.69) is 25.3 Å². The van der Waals surface area contributed by atoms with Crippen LogP contribution in [0.1, 0.15) is 24.4 Å². The number of aromatic amines is 1. The minimum Gasteiger partial charge on any atom is -0.207 e. The lowest BCUT2D eigenvalue weighted by Crippen LogP contribution is -2.27. The van der Waals surface area contributed by atoms with Gasteiger partial charge in [0.25, 0.3) is 0 Å². The van der Waals surface area contributed by atoms with Crippen LogP contribution in [0, 0.1) is 6.92 Å². The molecule has 0 aliphatic rings. The molecule has 0 aliphatic heterocycles. The fourth-order valence-corrected chi connectivity index (χ4v) is 2.79. The molecule has 1 aromatic carbocycles. The van der Waals surface area contributed by atoms with Gasteiger partial charge in [0.05, 0.1) is 10.9 Å². The van der Waals surface area contributed by atoms with Crippen molar-refractivity contribution < 1.29 is 8.42 Å². The van der Waals surface area contributed by atoms with Gasteiger partial charge in [0, 0.05) is 0 Å². The Morgan fingerprint density at radius 3 is 2.78 bits per heavy atom. The number of sulfonamides is 1. The second kappa shape index (κ2) is 4.83. The van der Waals surface area contributed by atoms with Crippen LogP contribution >= 0.6 is 0 Å². The summed E-state index contributed by atoms with van der Waals surface area (Å²) < 4.78 is 26.7. The number of nitrogens with zero attached hydrogens (tertiary/aromatic N) is 3. The monoisotopic (exact) mass is 267 g/mol. The van der Waals surface area contributed by atoms with Crippen molar-refractivity contribution in [1.29, 1.82) is 0 Å². The van der Waals surface area contributed by atoms with Crippen LogP contribution in [0.4, 0.5) is 0 Å². The normalized spacial score (nSPS) is 13.4. The van der Waals surface area contributed by atoms with Gasteiger partial charge in [0.1, 0.15) is 0 Å². The fourth-order valence-electron chi connectivity index (χ4n) is 1.49. The Hall–Kier alpha value is -1.80. The van der Waals surface area contributed by atoms with Crippen molar-refractivity contribution in [3.05, 3.63) is 35.7 Å². The number of H-pyrrole nitrogens is 1. The summed E-state index contributed by atoms with van der Waals surface area (Å²) in [7, 11) is -3.58. The van der Waals surface area contributed by atoms with Crippen molar-refractivity contribution in [2.45, 2.75) is 24.8 Å². The van der Waals surface area contributed by atoms with Gasteiger partial charge >= 0.3 is 0 Å². The summed E-state index contributed by atoms with van der Waals surface area (Å²) in [5.41, 5.74) is 0.880. The summed E-state index contributed by atoms with van der Waals surface area (Å²) in [6.45, 7) is 3.49. The predicted octanol–water partition coefficient (Wildman–Crippen LogP) is 0.548. The van der Waals surface area contributed by atoms with Gasteiger partial charge in [0.15, 0.2) is 5.82 Å². The zero-order valence-electron chi connectivity index (χ0n) is 9.95. The fraction of sp³-hybridized carbons (Fsp3) is 0.300. The van der Waals surface area contributed by atoms with E-state index in [0.717, 1.165) is 5.56 Å². The van der Waals surface area contributed by atoms with Crippen LogP contribution in [0.15, 0.2) is 29.2 Å². The lowest BCUT2D eigenvalue weighted by molar-refractivity contribution is 0.560. The van der Waals surface area contributed by atoms with E-state index < -0.39 is 16.1 Å². The molecular weight excluding hydrogens is 254 g/mol. The standard InChI is InChI=1S/C10H13N5O2S/c1-7-4-3-5-9(6-7)18(16,17)13-8(2)10-11-14-15-12-10/h3-6,8,13H,1-2H3,(H,11,12,14,15). The smallest absolute Gasteiger partial charge is 0.207 e. The zero-order valence-corrected chi connectivity index (χ0v) is 10.8. The van der Waals surface area contributed by atoms with Crippen molar-refractivity contribution in [1.82, 2.24) is 25.3 Å². The predicted molar refractivity (Wildman–Crippen MR) is 64.1 cm³/mol. The van der Waals surface area contributed by atoms with E-state index in [9.17, 15) is 8.42 Å². The van der Waals surface area contributed by atoms with Gasteiger partial charge in [-0.15, -0.1) is 10.2 Å².